The Bertz CT molecular complexity index is 558. The molecule has 0 aromatic carbocycles. The molecule has 0 aliphatic carbocycles. The maximum absolute atomic E-state index is 6.08. The predicted molar refractivity (Wildman–Crippen MR) is 74.5 cm³/mol. The van der Waals surface area contributed by atoms with E-state index in [0.29, 0.717) is 10.2 Å². The Morgan fingerprint density at radius 1 is 1.22 bits per heavy atom. The van der Waals surface area contributed by atoms with Crippen LogP contribution in [0.15, 0.2) is 28.4 Å². The highest BCUT2D eigenvalue weighted by molar-refractivity contribution is 7.99. The van der Waals surface area contributed by atoms with Crippen molar-refractivity contribution in [3.8, 4) is 0 Å². The lowest BCUT2D eigenvalue weighted by molar-refractivity contribution is 0.870. The molecule has 0 radical (unpaired) electrons. The average molecular weight is 300 g/mol. The van der Waals surface area contributed by atoms with Crippen LogP contribution in [0.2, 0.25) is 10.2 Å². The first-order valence-corrected chi connectivity index (χ1v) is 6.99. The smallest absolute Gasteiger partial charge is 0.136 e. The Morgan fingerprint density at radius 3 is 2.61 bits per heavy atom. The van der Waals surface area contributed by atoms with Crippen molar-refractivity contribution in [1.82, 2.24) is 15.0 Å². The van der Waals surface area contributed by atoms with Crippen molar-refractivity contribution >= 4 is 35.0 Å². The van der Waals surface area contributed by atoms with Gasteiger partial charge in [0.05, 0.1) is 5.02 Å². The molecule has 0 bridgehead atoms. The fraction of sp³-hybridized carbons (Fsp3) is 0.250. The molecule has 0 amide bonds. The van der Waals surface area contributed by atoms with Crippen molar-refractivity contribution in [1.29, 1.82) is 0 Å². The molecule has 2 heterocycles. The Kier molecular flexibility index (Phi) is 4.43. The van der Waals surface area contributed by atoms with Gasteiger partial charge in [-0.1, -0.05) is 30.1 Å². The number of aromatic nitrogens is 3. The van der Waals surface area contributed by atoms with E-state index in [-0.39, 0.29) is 0 Å². The third-order valence-electron chi connectivity index (χ3n) is 2.31. The first-order chi connectivity index (χ1) is 8.60. The lowest BCUT2D eigenvalue weighted by atomic mass is 10.3. The summed E-state index contributed by atoms with van der Waals surface area (Å²) in [5, 5.41) is 2.78. The normalized spacial score (nSPS) is 10.7. The summed E-state index contributed by atoms with van der Waals surface area (Å²) in [6, 6.07) is 3.66. The quantitative estimate of drug-likeness (QED) is 0.796. The largest absolute Gasteiger partial charge is 0.248 e. The molecule has 0 saturated heterocycles. The summed E-state index contributed by atoms with van der Waals surface area (Å²) >= 11 is 13.3. The molecule has 94 valence electrons. The van der Waals surface area contributed by atoms with E-state index in [1.807, 2.05) is 19.9 Å². The molecule has 0 fully saturated rings. The fourth-order valence-corrected chi connectivity index (χ4v) is 2.49. The lowest BCUT2D eigenvalue weighted by Gasteiger charge is -2.07. The molecule has 0 saturated carbocycles. The van der Waals surface area contributed by atoms with E-state index < -0.39 is 0 Å². The Morgan fingerprint density at radius 2 is 2.00 bits per heavy atom. The van der Waals surface area contributed by atoms with Crippen LogP contribution in [-0.4, -0.2) is 15.0 Å². The molecular formula is C12H11Cl2N3S. The molecular weight excluding hydrogens is 289 g/mol. The van der Waals surface area contributed by atoms with Gasteiger partial charge in [0.15, 0.2) is 0 Å². The Balaban J connectivity index is 2.33. The van der Waals surface area contributed by atoms with Crippen LogP contribution in [0, 0.1) is 6.92 Å². The van der Waals surface area contributed by atoms with Crippen molar-refractivity contribution in [2.75, 3.05) is 0 Å². The molecule has 2 rings (SSSR count). The number of rotatable bonds is 3. The topological polar surface area (TPSA) is 38.7 Å². The van der Waals surface area contributed by atoms with Gasteiger partial charge in [0, 0.05) is 18.2 Å². The molecule has 0 aliphatic heterocycles. The zero-order valence-corrected chi connectivity index (χ0v) is 12.3. The van der Waals surface area contributed by atoms with Crippen molar-refractivity contribution in [3.63, 3.8) is 0 Å². The van der Waals surface area contributed by atoms with Gasteiger partial charge in [-0.05, 0) is 30.8 Å². The van der Waals surface area contributed by atoms with E-state index in [1.54, 1.807) is 12.3 Å². The van der Waals surface area contributed by atoms with E-state index in [0.717, 1.165) is 27.9 Å². The van der Waals surface area contributed by atoms with E-state index >= 15 is 0 Å². The van der Waals surface area contributed by atoms with Crippen LogP contribution in [0.4, 0.5) is 0 Å². The second-order valence-electron chi connectivity index (χ2n) is 3.63. The second kappa shape index (κ2) is 5.87. The van der Waals surface area contributed by atoms with E-state index in [9.17, 15) is 0 Å². The minimum atomic E-state index is 0.498. The summed E-state index contributed by atoms with van der Waals surface area (Å²) in [5.41, 5.74) is 0.871. The Hall–Kier alpha value is -0.840. The van der Waals surface area contributed by atoms with Crippen LogP contribution in [-0.2, 0) is 6.42 Å². The summed E-state index contributed by atoms with van der Waals surface area (Å²) in [6.07, 6.45) is 2.37. The van der Waals surface area contributed by atoms with Crippen LogP contribution in [0.25, 0.3) is 0 Å². The van der Waals surface area contributed by atoms with Crippen molar-refractivity contribution in [2.24, 2.45) is 0 Å². The highest BCUT2D eigenvalue weighted by Crippen LogP contribution is 2.30. The predicted octanol–water partition coefficient (Wildman–Crippen LogP) is 4.20. The minimum absolute atomic E-state index is 0.498. The molecule has 0 aliphatic rings. The Labute approximate surface area is 120 Å². The maximum Gasteiger partial charge on any atom is 0.136 e. The van der Waals surface area contributed by atoms with Crippen LogP contribution in [0.3, 0.4) is 0 Å². The monoisotopic (exact) mass is 299 g/mol. The third-order valence-corrected chi connectivity index (χ3v) is 3.94. The molecule has 0 N–H and O–H groups in total. The number of halogens is 2. The number of nitrogens with zero attached hydrogens (tertiary/aromatic N) is 3. The van der Waals surface area contributed by atoms with Crippen LogP contribution >= 0.6 is 35.0 Å². The number of pyridine rings is 1. The standard InChI is InChI=1S/C12H11Cl2N3S/c1-3-9-16-11(14)7(2)12(17-9)18-10-5-4-8(13)6-15-10/h4-6H,3H2,1-2H3. The molecule has 2 aromatic heterocycles. The number of aryl methyl sites for hydroxylation is 1. The first kappa shape index (κ1) is 13.6. The summed E-state index contributed by atoms with van der Waals surface area (Å²) < 4.78 is 0. The van der Waals surface area contributed by atoms with Crippen LogP contribution < -0.4 is 0 Å². The van der Waals surface area contributed by atoms with E-state index in [1.165, 1.54) is 11.8 Å². The van der Waals surface area contributed by atoms with Crippen molar-refractivity contribution in [3.05, 3.63) is 39.9 Å². The van der Waals surface area contributed by atoms with Crippen molar-refractivity contribution in [2.45, 2.75) is 30.3 Å². The zero-order valence-electron chi connectivity index (χ0n) is 9.94. The summed E-state index contributed by atoms with van der Waals surface area (Å²) in [5.74, 6) is 0.738. The first-order valence-electron chi connectivity index (χ1n) is 5.42. The van der Waals surface area contributed by atoms with Gasteiger partial charge in [-0.25, -0.2) is 15.0 Å². The number of hydrogen-bond donors (Lipinski definition) is 0. The molecule has 6 heteroatoms. The van der Waals surface area contributed by atoms with Gasteiger partial charge in [-0.15, -0.1) is 0 Å². The number of hydrogen-bond acceptors (Lipinski definition) is 4. The highest BCUT2D eigenvalue weighted by atomic mass is 35.5. The van der Waals surface area contributed by atoms with Gasteiger partial charge >= 0.3 is 0 Å². The second-order valence-corrected chi connectivity index (χ2v) is 5.43. The molecule has 2 aromatic rings. The molecule has 0 spiro atoms. The highest BCUT2D eigenvalue weighted by Gasteiger charge is 2.10. The van der Waals surface area contributed by atoms with Gasteiger partial charge in [0.1, 0.15) is 21.0 Å². The van der Waals surface area contributed by atoms with E-state index in [4.69, 9.17) is 23.2 Å². The van der Waals surface area contributed by atoms with Crippen LogP contribution in [0.1, 0.15) is 18.3 Å². The van der Waals surface area contributed by atoms with Gasteiger partial charge in [-0.2, -0.15) is 0 Å². The van der Waals surface area contributed by atoms with Crippen LogP contribution in [0.5, 0.6) is 0 Å². The van der Waals surface area contributed by atoms with E-state index in [2.05, 4.69) is 15.0 Å². The van der Waals surface area contributed by atoms with Gasteiger partial charge < -0.3 is 0 Å². The molecule has 18 heavy (non-hydrogen) atoms. The zero-order chi connectivity index (χ0) is 13.1. The average Bonchev–Trinajstić information content (AvgIpc) is 2.37. The SMILES string of the molecule is CCc1nc(Cl)c(C)c(Sc2ccc(Cl)cn2)n1. The minimum Gasteiger partial charge on any atom is -0.248 e. The molecule has 0 atom stereocenters. The van der Waals surface area contributed by atoms with Gasteiger partial charge in [-0.3, -0.25) is 0 Å². The van der Waals surface area contributed by atoms with Gasteiger partial charge in [0.2, 0.25) is 0 Å². The maximum atomic E-state index is 6.08. The molecule has 0 unspecified atom stereocenters. The third kappa shape index (κ3) is 3.13. The molecule has 3 nitrogen and oxygen atoms in total. The summed E-state index contributed by atoms with van der Waals surface area (Å²) in [4.78, 5) is 12.9. The van der Waals surface area contributed by atoms with Crippen molar-refractivity contribution < 1.29 is 0 Å². The summed E-state index contributed by atoms with van der Waals surface area (Å²) in [7, 11) is 0. The summed E-state index contributed by atoms with van der Waals surface area (Å²) in [6.45, 7) is 3.90. The lowest BCUT2D eigenvalue weighted by Crippen LogP contribution is -1.98. The van der Waals surface area contributed by atoms with Gasteiger partial charge in [0.25, 0.3) is 0 Å². The fourth-order valence-electron chi connectivity index (χ4n) is 1.29.